The highest BCUT2D eigenvalue weighted by atomic mass is 35.5. The fraction of sp³-hybridized carbons (Fsp3) is 0.400. The van der Waals surface area contributed by atoms with E-state index < -0.39 is 12.5 Å². The quantitative estimate of drug-likeness (QED) is 0.874. The molecule has 0 spiro atoms. The van der Waals surface area contributed by atoms with Gasteiger partial charge in [-0.15, -0.1) is 0 Å². The van der Waals surface area contributed by atoms with E-state index in [2.05, 4.69) is 0 Å². The molecule has 0 saturated carbocycles. The lowest BCUT2D eigenvalue weighted by atomic mass is 10.0. The lowest BCUT2D eigenvalue weighted by Gasteiger charge is -2.18. The van der Waals surface area contributed by atoms with E-state index in [1.165, 1.54) is 19.2 Å². The van der Waals surface area contributed by atoms with E-state index in [1.807, 2.05) is 0 Å². The van der Waals surface area contributed by atoms with Gasteiger partial charge < -0.3 is 10.5 Å². The molecule has 0 fully saturated rings. The van der Waals surface area contributed by atoms with Crippen molar-refractivity contribution in [1.29, 1.82) is 0 Å². The summed E-state index contributed by atoms with van der Waals surface area (Å²) in [5.41, 5.74) is 5.26. The van der Waals surface area contributed by atoms with Crippen molar-refractivity contribution in [3.63, 3.8) is 0 Å². The number of aryl methyl sites for hydroxylation is 1. The Labute approximate surface area is 92.0 Å². The van der Waals surface area contributed by atoms with Crippen LogP contribution >= 0.6 is 11.6 Å². The molecule has 1 rings (SSSR count). The Morgan fingerprint density at radius 1 is 1.47 bits per heavy atom. The van der Waals surface area contributed by atoms with Gasteiger partial charge in [0.1, 0.15) is 5.75 Å². The van der Waals surface area contributed by atoms with Crippen molar-refractivity contribution in [3.05, 3.63) is 28.3 Å². The lowest BCUT2D eigenvalue weighted by Crippen LogP contribution is -2.26. The summed E-state index contributed by atoms with van der Waals surface area (Å²) >= 11 is 5.77. The maximum atomic E-state index is 13.3. The summed E-state index contributed by atoms with van der Waals surface area (Å²) in [6, 6.07) is 2.67. The van der Waals surface area contributed by atoms with Crippen LogP contribution in [0.2, 0.25) is 5.02 Å². The number of hydrogen-bond acceptors (Lipinski definition) is 2. The zero-order chi connectivity index (χ0) is 11.6. The van der Waals surface area contributed by atoms with E-state index in [-0.39, 0.29) is 10.6 Å². The standard InChI is InChI=1S/C10H12ClF2NO/c1-6-3-9(15-2)8(11)4-7(6)10(12,13)5-14/h3-4H,5,14H2,1-2H3. The molecule has 2 nitrogen and oxygen atoms in total. The first-order valence-electron chi connectivity index (χ1n) is 4.35. The van der Waals surface area contributed by atoms with Gasteiger partial charge in [-0.2, -0.15) is 8.78 Å². The summed E-state index contributed by atoms with van der Waals surface area (Å²) in [5.74, 6) is -2.68. The third-order valence-corrected chi connectivity index (χ3v) is 2.44. The van der Waals surface area contributed by atoms with Crippen molar-refractivity contribution in [1.82, 2.24) is 0 Å². The first-order chi connectivity index (χ1) is 6.92. The number of methoxy groups -OCH3 is 1. The predicted molar refractivity (Wildman–Crippen MR) is 55.7 cm³/mol. The molecule has 15 heavy (non-hydrogen) atoms. The van der Waals surface area contributed by atoms with Gasteiger partial charge in [-0.25, -0.2) is 0 Å². The highest BCUT2D eigenvalue weighted by Crippen LogP contribution is 2.35. The van der Waals surface area contributed by atoms with E-state index >= 15 is 0 Å². The van der Waals surface area contributed by atoms with Crippen LogP contribution in [0.1, 0.15) is 11.1 Å². The average molecular weight is 236 g/mol. The van der Waals surface area contributed by atoms with E-state index in [0.717, 1.165) is 0 Å². The molecule has 0 unspecified atom stereocenters. The molecule has 0 amide bonds. The fourth-order valence-corrected chi connectivity index (χ4v) is 1.56. The molecule has 2 N–H and O–H groups in total. The molecule has 1 aromatic rings. The fourth-order valence-electron chi connectivity index (χ4n) is 1.32. The van der Waals surface area contributed by atoms with E-state index in [9.17, 15) is 8.78 Å². The van der Waals surface area contributed by atoms with Crippen LogP contribution < -0.4 is 10.5 Å². The first-order valence-corrected chi connectivity index (χ1v) is 4.72. The number of nitrogens with two attached hydrogens (primary N) is 1. The summed E-state index contributed by atoms with van der Waals surface area (Å²) in [7, 11) is 1.43. The highest BCUT2D eigenvalue weighted by molar-refractivity contribution is 6.32. The maximum absolute atomic E-state index is 13.3. The summed E-state index contributed by atoms with van der Waals surface area (Å²) in [4.78, 5) is 0. The molecule has 0 radical (unpaired) electrons. The number of halogens is 3. The van der Waals surface area contributed by atoms with Crippen LogP contribution in [0.3, 0.4) is 0 Å². The number of ether oxygens (including phenoxy) is 1. The Hall–Kier alpha value is -0.870. The highest BCUT2D eigenvalue weighted by Gasteiger charge is 2.32. The molecule has 1 aromatic carbocycles. The van der Waals surface area contributed by atoms with Gasteiger partial charge in [-0.1, -0.05) is 11.6 Å². The average Bonchev–Trinajstić information content (AvgIpc) is 2.20. The van der Waals surface area contributed by atoms with E-state index in [0.29, 0.717) is 11.3 Å². The van der Waals surface area contributed by atoms with E-state index in [4.69, 9.17) is 22.1 Å². The molecule has 0 aliphatic carbocycles. The molecule has 0 bridgehead atoms. The predicted octanol–water partition coefficient (Wildman–Crippen LogP) is 2.71. The minimum absolute atomic E-state index is 0.157. The third kappa shape index (κ3) is 2.38. The van der Waals surface area contributed by atoms with Crippen molar-refractivity contribution in [2.75, 3.05) is 13.7 Å². The van der Waals surface area contributed by atoms with Gasteiger partial charge in [0, 0.05) is 5.56 Å². The largest absolute Gasteiger partial charge is 0.495 e. The van der Waals surface area contributed by atoms with Gasteiger partial charge in [-0.3, -0.25) is 0 Å². The van der Waals surface area contributed by atoms with Gasteiger partial charge in [0.15, 0.2) is 0 Å². The maximum Gasteiger partial charge on any atom is 0.285 e. The van der Waals surface area contributed by atoms with Crippen molar-refractivity contribution >= 4 is 11.6 Å². The van der Waals surface area contributed by atoms with Crippen molar-refractivity contribution in [2.45, 2.75) is 12.8 Å². The zero-order valence-corrected chi connectivity index (χ0v) is 9.24. The molecule has 0 atom stereocenters. The molecule has 5 heteroatoms. The molecular formula is C10H12ClF2NO. The first kappa shape index (κ1) is 12.2. The molecule has 0 aromatic heterocycles. The second-order valence-corrected chi connectivity index (χ2v) is 3.62. The normalized spacial score (nSPS) is 11.6. The van der Waals surface area contributed by atoms with Crippen molar-refractivity contribution < 1.29 is 13.5 Å². The Morgan fingerprint density at radius 2 is 2.07 bits per heavy atom. The molecule has 0 aliphatic heterocycles. The Morgan fingerprint density at radius 3 is 2.53 bits per heavy atom. The van der Waals surface area contributed by atoms with Gasteiger partial charge in [0.25, 0.3) is 5.92 Å². The summed E-state index contributed by atoms with van der Waals surface area (Å²) in [5, 5.41) is 0.159. The Bertz CT molecular complexity index is 369. The SMILES string of the molecule is COc1cc(C)c(C(F)(F)CN)cc1Cl. The molecular weight excluding hydrogens is 224 g/mol. The minimum atomic E-state index is -3.06. The molecule has 84 valence electrons. The van der Waals surface area contributed by atoms with Crippen molar-refractivity contribution in [3.8, 4) is 5.75 Å². The molecule has 0 saturated heterocycles. The summed E-state index contributed by atoms with van der Waals surface area (Å²) < 4.78 is 31.6. The van der Waals surface area contributed by atoms with E-state index in [1.54, 1.807) is 6.92 Å². The number of alkyl halides is 2. The number of benzene rings is 1. The number of hydrogen-bond donors (Lipinski definition) is 1. The van der Waals surface area contributed by atoms with Gasteiger partial charge in [0.2, 0.25) is 0 Å². The van der Waals surface area contributed by atoms with Crippen LogP contribution in [0, 0.1) is 6.92 Å². The summed E-state index contributed by atoms with van der Waals surface area (Å²) in [6.45, 7) is 0.828. The van der Waals surface area contributed by atoms with Gasteiger partial charge in [0.05, 0.1) is 18.7 Å². The lowest BCUT2D eigenvalue weighted by molar-refractivity contribution is 0.00530. The second-order valence-electron chi connectivity index (χ2n) is 3.21. The van der Waals surface area contributed by atoms with Crippen LogP contribution in [0.15, 0.2) is 12.1 Å². The zero-order valence-electron chi connectivity index (χ0n) is 8.48. The smallest absolute Gasteiger partial charge is 0.285 e. The minimum Gasteiger partial charge on any atom is -0.495 e. The number of rotatable bonds is 3. The van der Waals surface area contributed by atoms with Crippen LogP contribution in [0.5, 0.6) is 5.75 Å². The van der Waals surface area contributed by atoms with Crippen molar-refractivity contribution in [2.24, 2.45) is 5.73 Å². The van der Waals surface area contributed by atoms with Crippen LogP contribution in [-0.4, -0.2) is 13.7 Å². The Balaban J connectivity index is 3.28. The third-order valence-electron chi connectivity index (χ3n) is 2.15. The van der Waals surface area contributed by atoms with Gasteiger partial charge >= 0.3 is 0 Å². The second kappa shape index (κ2) is 4.33. The summed E-state index contributed by atoms with van der Waals surface area (Å²) in [6.07, 6.45) is 0. The van der Waals surface area contributed by atoms with Crippen LogP contribution in [0.4, 0.5) is 8.78 Å². The van der Waals surface area contributed by atoms with Crippen LogP contribution in [0.25, 0.3) is 0 Å². The monoisotopic (exact) mass is 235 g/mol. The molecule has 0 heterocycles. The topological polar surface area (TPSA) is 35.2 Å². The molecule has 0 aliphatic rings. The Kier molecular flexibility index (Phi) is 3.52. The van der Waals surface area contributed by atoms with Crippen LogP contribution in [-0.2, 0) is 5.92 Å². The van der Waals surface area contributed by atoms with Gasteiger partial charge in [-0.05, 0) is 24.6 Å².